The highest BCUT2D eigenvalue weighted by molar-refractivity contribution is 7.81. The Balaban J connectivity index is 0.905. The van der Waals surface area contributed by atoms with Crippen molar-refractivity contribution in [3.8, 4) is 0 Å². The smallest absolute Gasteiger partial charge is 0.397 e. The van der Waals surface area contributed by atoms with Crippen LogP contribution in [0.5, 0.6) is 0 Å². The predicted octanol–water partition coefficient (Wildman–Crippen LogP) is -1.22. The highest BCUT2D eigenvalue weighted by Crippen LogP contribution is 2.77. The van der Waals surface area contributed by atoms with Crippen LogP contribution in [0.15, 0.2) is 23.8 Å². The first kappa shape index (κ1) is 69.8. The fraction of sp³-hybridized carbons (Fsp3) is 0.893. The van der Waals surface area contributed by atoms with Crippen molar-refractivity contribution in [1.82, 2.24) is 0 Å². The molecule has 9 rings (SSSR count). The van der Waals surface area contributed by atoms with Crippen molar-refractivity contribution in [2.24, 2.45) is 39.4 Å². The molecule has 3 saturated carbocycles. The minimum absolute atomic E-state index is 0.0200. The van der Waals surface area contributed by atoms with Gasteiger partial charge in [0.05, 0.1) is 43.9 Å². The lowest BCUT2D eigenvalue weighted by molar-refractivity contribution is -0.391. The van der Waals surface area contributed by atoms with Crippen LogP contribution in [0, 0.1) is 39.4 Å². The monoisotopic (exact) mass is 1300 g/mol. The Morgan fingerprint density at radius 2 is 1.27 bits per heavy atom. The van der Waals surface area contributed by atoms with Crippen molar-refractivity contribution in [3.63, 3.8) is 0 Å². The van der Waals surface area contributed by atoms with Gasteiger partial charge >= 0.3 is 32.7 Å². The van der Waals surface area contributed by atoms with Crippen LogP contribution < -0.4 is 0 Å². The molecule has 8 fully saturated rings. The molecule has 0 aromatic carbocycles. The van der Waals surface area contributed by atoms with Crippen LogP contribution >= 0.6 is 0 Å². The normalized spacial score (nSPS) is 47.6. The molecule has 0 amide bonds. The van der Waals surface area contributed by atoms with Crippen molar-refractivity contribution in [1.29, 1.82) is 0 Å². The number of aliphatic hydroxyl groups excluding tert-OH is 9. The van der Waals surface area contributed by atoms with Gasteiger partial charge in [0.15, 0.2) is 25.2 Å². The maximum absolute atomic E-state index is 14.7. The van der Waals surface area contributed by atoms with Gasteiger partial charge in [0.1, 0.15) is 103 Å². The van der Waals surface area contributed by atoms with E-state index in [-0.39, 0.29) is 29.1 Å². The van der Waals surface area contributed by atoms with E-state index in [1.807, 2.05) is 13.8 Å². The van der Waals surface area contributed by atoms with E-state index in [9.17, 15) is 76.9 Å². The summed E-state index contributed by atoms with van der Waals surface area (Å²) in [6, 6.07) is 0. The number of cyclic esters (lactones) is 1. The molecule has 0 bridgehead atoms. The first-order chi connectivity index (χ1) is 41.0. The molecule has 30 nitrogen and oxygen atoms in total. The summed E-state index contributed by atoms with van der Waals surface area (Å²) in [5.41, 5.74) is -1.23. The standard InChI is InChI=1S/C56H88O30S2/c1-24(2)11-10-16-55(8)46-29(78-25(3)58)19-54(7)27-12-13-33-52(4,5)34(15-17-53(33,6)26(27)14-18-56(46,54)51(67)86-55)82-50-45(35(60)28(59)21-75-50)85-47-39(64)38(63)42(30(20-57)79-47)83-49-41(66)44(37(62)32(81-49)23-77-88(71,72)73)84-48-40(65)43(74-9)36(61)31(80-48)22-76-87(68,69)70/h12,26,28-50,57,59-66H,1,10-11,13-23H2,2-9H3,(H,68,69,70)(H,71,72,73)/t26-,28+,29-,30+,31+,32+,33-,34-,35-,36+,37+,38+,39+,40+,41+,42+,43-,44-,45+,46+,47-,48-,49-,50+,53+,54-,55-,56+/m0/s1. The van der Waals surface area contributed by atoms with Gasteiger partial charge in [0, 0.05) is 19.4 Å². The van der Waals surface area contributed by atoms with E-state index < -0.39 is 204 Å². The molecule has 504 valence electrons. The summed E-state index contributed by atoms with van der Waals surface area (Å²) >= 11 is 0. The van der Waals surface area contributed by atoms with E-state index in [4.69, 9.17) is 56.7 Å². The van der Waals surface area contributed by atoms with Crippen molar-refractivity contribution in [3.05, 3.63) is 23.8 Å². The minimum Gasteiger partial charge on any atom is -0.462 e. The second-order valence-electron chi connectivity index (χ2n) is 26.6. The number of hydrogen-bond donors (Lipinski definition) is 11. The molecule has 28 atom stereocenters. The van der Waals surface area contributed by atoms with Crippen molar-refractivity contribution >= 4 is 32.7 Å². The number of carbonyl (C=O) groups is 2. The van der Waals surface area contributed by atoms with Crippen molar-refractivity contribution < 1.29 is 142 Å². The van der Waals surface area contributed by atoms with Gasteiger partial charge < -0.3 is 98.1 Å². The van der Waals surface area contributed by atoms with Crippen LogP contribution in [0.2, 0.25) is 0 Å². The zero-order chi connectivity index (χ0) is 64.8. The van der Waals surface area contributed by atoms with E-state index in [1.165, 1.54) is 12.5 Å². The third kappa shape index (κ3) is 12.9. The summed E-state index contributed by atoms with van der Waals surface area (Å²) in [6.07, 6.45) is -29.7. The average molecular weight is 1310 g/mol. The summed E-state index contributed by atoms with van der Waals surface area (Å²) in [6.45, 7) is 14.3. The third-order valence-corrected chi connectivity index (χ3v) is 21.7. The molecular formula is C56H88O30S2. The lowest BCUT2D eigenvalue weighted by atomic mass is 9.41. The van der Waals surface area contributed by atoms with E-state index >= 15 is 0 Å². The van der Waals surface area contributed by atoms with E-state index in [0.717, 1.165) is 25.5 Å². The lowest BCUT2D eigenvalue weighted by Crippen LogP contribution is -2.67. The van der Waals surface area contributed by atoms with Gasteiger partial charge in [-0.05, 0) is 94.3 Å². The van der Waals surface area contributed by atoms with E-state index in [0.29, 0.717) is 44.9 Å². The molecule has 5 aliphatic heterocycles. The molecule has 0 unspecified atom stereocenters. The molecule has 1 spiro atoms. The number of ether oxygens (including phenoxy) is 11. The second-order valence-corrected chi connectivity index (χ2v) is 28.8. The number of rotatable bonds is 21. The third-order valence-electron chi connectivity index (χ3n) is 20.9. The molecule has 5 saturated heterocycles. The highest BCUT2D eigenvalue weighted by atomic mass is 32.3. The SMILES string of the molecule is C=C(C)CCC[C@]1(C)OC(=O)[C@]23CC[C@H]4C(=CC[C@H]5C(C)(C)[C@@H](O[C@H]6OC[C@@H](O)[C@H](O)[C@H]6O[C@@H]6O[C@H](CO)[C@@H](O[C@@H]7O[C@H](COS(=O)(=O)O)[C@@H](O)[C@H](O[C@@H]8O[C@H](COS(=O)(=O)O)[C@@H](O)[C@H](OC)[C@H]8O)[C@H]7O)[C@H](O)[C@H]6O)CC[C@]45C)[C@]2(C)C[C@H](OC(C)=O)[C@@H]31. The fourth-order valence-corrected chi connectivity index (χ4v) is 17.3. The summed E-state index contributed by atoms with van der Waals surface area (Å²) in [5, 5.41) is 102. The molecule has 11 N–H and O–H groups in total. The Kier molecular flexibility index (Phi) is 20.6. The van der Waals surface area contributed by atoms with Crippen LogP contribution in [0.25, 0.3) is 0 Å². The predicted molar refractivity (Wildman–Crippen MR) is 294 cm³/mol. The molecule has 88 heavy (non-hydrogen) atoms. The Morgan fingerprint density at radius 3 is 1.85 bits per heavy atom. The first-order valence-electron chi connectivity index (χ1n) is 29.7. The Morgan fingerprint density at radius 1 is 0.705 bits per heavy atom. The highest BCUT2D eigenvalue weighted by Gasteiger charge is 2.79. The van der Waals surface area contributed by atoms with Gasteiger partial charge in [-0.25, -0.2) is 8.37 Å². The number of allylic oxidation sites excluding steroid dienone is 3. The molecule has 32 heteroatoms. The maximum Gasteiger partial charge on any atom is 0.397 e. The van der Waals surface area contributed by atoms with Crippen molar-refractivity contribution in [2.75, 3.05) is 33.5 Å². The van der Waals surface area contributed by atoms with Crippen molar-refractivity contribution in [2.45, 2.75) is 241 Å². The molecule has 5 heterocycles. The zero-order valence-corrected chi connectivity index (χ0v) is 52.0. The largest absolute Gasteiger partial charge is 0.462 e. The Bertz CT molecular complexity index is 2790. The van der Waals surface area contributed by atoms with Crippen LogP contribution in [-0.4, -0.2) is 252 Å². The first-order valence-corrected chi connectivity index (χ1v) is 32.5. The van der Waals surface area contributed by atoms with E-state index in [1.54, 1.807) is 0 Å². The number of aliphatic hydroxyl groups is 9. The topological polar surface area (TPSA) is 445 Å². The molecule has 0 radical (unpaired) electrons. The molecule has 0 aromatic heterocycles. The van der Waals surface area contributed by atoms with Gasteiger partial charge in [-0.15, -0.1) is 6.58 Å². The molecule has 9 aliphatic rings. The summed E-state index contributed by atoms with van der Waals surface area (Å²) in [4.78, 5) is 27.4. The number of hydrogen-bond acceptors (Lipinski definition) is 28. The van der Waals surface area contributed by atoms with Crippen LogP contribution in [-0.2, 0) is 90.9 Å². The van der Waals surface area contributed by atoms with Gasteiger partial charge in [-0.2, -0.15) is 16.8 Å². The average Bonchev–Trinajstić information content (AvgIpc) is 1.45. The Labute approximate surface area is 510 Å². The second kappa shape index (κ2) is 26.0. The zero-order valence-electron chi connectivity index (χ0n) is 50.3. The summed E-state index contributed by atoms with van der Waals surface area (Å²) in [7, 11) is -9.34. The van der Waals surface area contributed by atoms with Gasteiger partial charge in [0.2, 0.25) is 0 Å². The number of methoxy groups -OCH3 is 1. The number of esters is 2. The van der Waals surface area contributed by atoms with Crippen LogP contribution in [0.4, 0.5) is 0 Å². The van der Waals surface area contributed by atoms with Gasteiger partial charge in [0.25, 0.3) is 0 Å². The van der Waals surface area contributed by atoms with Crippen LogP contribution in [0.1, 0.15) is 106 Å². The van der Waals surface area contributed by atoms with Crippen LogP contribution in [0.3, 0.4) is 0 Å². The maximum atomic E-state index is 14.7. The van der Waals surface area contributed by atoms with E-state index in [2.05, 4.69) is 48.7 Å². The summed E-state index contributed by atoms with van der Waals surface area (Å²) < 4.78 is 139. The lowest BCUT2D eigenvalue weighted by Gasteiger charge is -2.63. The summed E-state index contributed by atoms with van der Waals surface area (Å²) in [5.74, 6) is -1.03. The van der Waals surface area contributed by atoms with Gasteiger partial charge in [-0.3, -0.25) is 18.7 Å². The fourth-order valence-electron chi connectivity index (χ4n) is 16.7. The number of carbonyl (C=O) groups excluding carboxylic acids is 2. The molecule has 0 aromatic rings. The van der Waals surface area contributed by atoms with Gasteiger partial charge in [-0.1, -0.05) is 44.9 Å². The quantitative estimate of drug-likeness (QED) is 0.0364. The minimum atomic E-state index is -5.25. The number of fused-ring (bicyclic) bond motifs is 4. The molecule has 4 aliphatic carbocycles. The Hall–Kier alpha value is -2.56. The molecular weight excluding hydrogens is 1220 g/mol.